The minimum atomic E-state index is -2.50. The van der Waals surface area contributed by atoms with E-state index >= 15 is 0 Å². The second-order valence-electron chi connectivity index (χ2n) is 7.09. The number of hydrogen-bond acceptors (Lipinski definition) is 4. The molecule has 0 atom stereocenters. The quantitative estimate of drug-likeness (QED) is 0.386. The van der Waals surface area contributed by atoms with E-state index in [0.29, 0.717) is 37.5 Å². The van der Waals surface area contributed by atoms with E-state index in [1.54, 1.807) is 23.1 Å². The van der Waals surface area contributed by atoms with Crippen LogP contribution < -0.4 is 15.6 Å². The van der Waals surface area contributed by atoms with Crippen LogP contribution in [0.3, 0.4) is 0 Å². The molecule has 30 heavy (non-hydrogen) atoms. The Morgan fingerprint density at radius 3 is 2.50 bits per heavy atom. The first kappa shape index (κ1) is 23.3. The molecule has 0 spiro atoms. The number of carbonyl (C=O) groups excluding carboxylic acids is 1. The Hall–Kier alpha value is -2.93. The van der Waals surface area contributed by atoms with Crippen molar-refractivity contribution in [3.05, 3.63) is 71.8 Å². The highest BCUT2D eigenvalue weighted by Gasteiger charge is 2.12. The SMILES string of the molecule is C=C(C)CN(Cc1ccc(CNNc2cccc(OCC(F)F)c2)cc1)C(=O)CC. The minimum Gasteiger partial charge on any atom is -0.488 e. The van der Waals surface area contributed by atoms with Crippen LogP contribution >= 0.6 is 0 Å². The van der Waals surface area contributed by atoms with Gasteiger partial charge in [-0.25, -0.2) is 14.2 Å². The monoisotopic (exact) mass is 417 g/mol. The van der Waals surface area contributed by atoms with Gasteiger partial charge in [-0.3, -0.25) is 4.79 Å². The van der Waals surface area contributed by atoms with Crippen LogP contribution in [0, 0.1) is 0 Å². The number of carbonyl (C=O) groups is 1. The van der Waals surface area contributed by atoms with Gasteiger partial charge in [-0.05, 0) is 30.2 Å². The van der Waals surface area contributed by atoms with Crippen LogP contribution in [0.2, 0.25) is 0 Å². The Labute approximate surface area is 176 Å². The largest absolute Gasteiger partial charge is 0.488 e. The van der Waals surface area contributed by atoms with E-state index in [2.05, 4.69) is 17.4 Å². The number of rotatable bonds is 12. The highest BCUT2D eigenvalue weighted by atomic mass is 19.3. The number of ether oxygens (including phenoxy) is 1. The molecule has 162 valence electrons. The van der Waals surface area contributed by atoms with Gasteiger partial charge in [0, 0.05) is 32.1 Å². The van der Waals surface area contributed by atoms with Gasteiger partial charge in [0.2, 0.25) is 5.91 Å². The highest BCUT2D eigenvalue weighted by molar-refractivity contribution is 5.76. The number of amides is 1. The van der Waals surface area contributed by atoms with Crippen molar-refractivity contribution in [2.24, 2.45) is 0 Å². The molecule has 0 saturated carbocycles. The highest BCUT2D eigenvalue weighted by Crippen LogP contribution is 2.17. The van der Waals surface area contributed by atoms with Crippen LogP contribution in [0.15, 0.2) is 60.7 Å². The van der Waals surface area contributed by atoms with Gasteiger partial charge in [0.1, 0.15) is 12.4 Å². The molecule has 2 N–H and O–H groups in total. The van der Waals surface area contributed by atoms with E-state index in [9.17, 15) is 13.6 Å². The van der Waals surface area contributed by atoms with Crippen molar-refractivity contribution in [1.29, 1.82) is 0 Å². The zero-order valence-electron chi connectivity index (χ0n) is 17.5. The summed E-state index contributed by atoms with van der Waals surface area (Å²) in [5.74, 6) is 0.486. The number of nitrogens with one attached hydrogen (secondary N) is 2. The van der Waals surface area contributed by atoms with Crippen LogP contribution in [0.1, 0.15) is 31.4 Å². The number of alkyl halides is 2. The predicted octanol–water partition coefficient (Wildman–Crippen LogP) is 4.76. The summed E-state index contributed by atoms with van der Waals surface area (Å²) < 4.78 is 29.5. The van der Waals surface area contributed by atoms with E-state index in [-0.39, 0.29) is 5.91 Å². The summed E-state index contributed by atoms with van der Waals surface area (Å²) in [5.41, 5.74) is 9.91. The molecular weight excluding hydrogens is 388 g/mol. The first-order chi connectivity index (χ1) is 14.4. The third kappa shape index (κ3) is 8.21. The molecule has 2 aromatic carbocycles. The second kappa shape index (κ2) is 11.9. The standard InChI is InChI=1S/C23H29F2N3O2/c1-4-23(29)28(14-17(2)3)15-19-10-8-18(9-11-19)13-26-27-20-6-5-7-21(12-20)30-16-22(24)25/h5-12,22,26-27H,2,4,13-16H2,1,3H3. The maximum Gasteiger partial charge on any atom is 0.272 e. The van der Waals surface area contributed by atoms with Crippen molar-refractivity contribution < 1.29 is 18.3 Å². The van der Waals surface area contributed by atoms with E-state index in [0.717, 1.165) is 16.7 Å². The number of hydrogen-bond donors (Lipinski definition) is 2. The average Bonchev–Trinajstić information content (AvgIpc) is 2.72. The number of anilines is 1. The molecule has 0 saturated heterocycles. The molecule has 1 amide bonds. The molecule has 0 fully saturated rings. The molecule has 2 aromatic rings. The summed E-state index contributed by atoms with van der Waals surface area (Å²) in [7, 11) is 0. The minimum absolute atomic E-state index is 0.104. The van der Waals surface area contributed by atoms with Crippen molar-refractivity contribution in [1.82, 2.24) is 10.3 Å². The molecule has 0 aliphatic rings. The Bertz CT molecular complexity index is 825. The fourth-order valence-electron chi connectivity index (χ4n) is 2.84. The summed E-state index contributed by atoms with van der Waals surface area (Å²) in [5, 5.41) is 0. The third-order valence-corrected chi connectivity index (χ3v) is 4.25. The van der Waals surface area contributed by atoms with Gasteiger partial charge in [0.25, 0.3) is 6.43 Å². The molecule has 7 heteroatoms. The molecule has 0 heterocycles. The predicted molar refractivity (Wildman–Crippen MR) is 115 cm³/mol. The molecule has 0 radical (unpaired) electrons. The zero-order chi connectivity index (χ0) is 21.9. The van der Waals surface area contributed by atoms with E-state index < -0.39 is 13.0 Å². The van der Waals surface area contributed by atoms with Crippen molar-refractivity contribution >= 4 is 11.6 Å². The topological polar surface area (TPSA) is 53.6 Å². The number of hydrazine groups is 1. The van der Waals surface area contributed by atoms with Crippen LogP contribution in [0.4, 0.5) is 14.5 Å². The fourth-order valence-corrected chi connectivity index (χ4v) is 2.84. The number of halogens is 2. The van der Waals surface area contributed by atoms with Gasteiger partial charge in [-0.2, -0.15) is 0 Å². The van der Waals surface area contributed by atoms with Crippen LogP contribution in [-0.4, -0.2) is 30.4 Å². The van der Waals surface area contributed by atoms with Crippen LogP contribution in [0.25, 0.3) is 0 Å². The van der Waals surface area contributed by atoms with Crippen molar-refractivity contribution in [3.8, 4) is 5.75 Å². The first-order valence-corrected chi connectivity index (χ1v) is 9.87. The summed E-state index contributed by atoms with van der Waals surface area (Å²) in [6.07, 6.45) is -2.04. The summed E-state index contributed by atoms with van der Waals surface area (Å²) >= 11 is 0. The van der Waals surface area contributed by atoms with E-state index in [1.807, 2.05) is 44.2 Å². The average molecular weight is 418 g/mol. The Morgan fingerprint density at radius 2 is 1.87 bits per heavy atom. The fraction of sp³-hybridized carbons (Fsp3) is 0.348. The summed E-state index contributed by atoms with van der Waals surface area (Å²) in [4.78, 5) is 13.9. The van der Waals surface area contributed by atoms with Gasteiger partial charge < -0.3 is 15.1 Å². The summed E-state index contributed by atoms with van der Waals surface area (Å²) in [6, 6.07) is 14.8. The van der Waals surface area contributed by atoms with Gasteiger partial charge in [-0.15, -0.1) is 0 Å². The molecule has 5 nitrogen and oxygen atoms in total. The first-order valence-electron chi connectivity index (χ1n) is 9.87. The molecule has 0 aliphatic heterocycles. The number of benzene rings is 2. The Morgan fingerprint density at radius 1 is 1.17 bits per heavy atom. The van der Waals surface area contributed by atoms with Gasteiger partial charge >= 0.3 is 0 Å². The van der Waals surface area contributed by atoms with Crippen LogP contribution in [-0.2, 0) is 17.9 Å². The molecule has 0 aromatic heterocycles. The van der Waals surface area contributed by atoms with Crippen molar-refractivity contribution in [2.75, 3.05) is 18.6 Å². The Kier molecular flexibility index (Phi) is 9.28. The van der Waals surface area contributed by atoms with Crippen molar-refractivity contribution in [3.63, 3.8) is 0 Å². The lowest BCUT2D eigenvalue weighted by atomic mass is 10.1. The zero-order valence-corrected chi connectivity index (χ0v) is 17.5. The maximum absolute atomic E-state index is 12.2. The molecular formula is C23H29F2N3O2. The lowest BCUT2D eigenvalue weighted by Gasteiger charge is -2.22. The van der Waals surface area contributed by atoms with E-state index in [1.165, 1.54) is 0 Å². The smallest absolute Gasteiger partial charge is 0.272 e. The normalized spacial score (nSPS) is 10.7. The number of nitrogens with zero attached hydrogens (tertiary/aromatic N) is 1. The maximum atomic E-state index is 12.2. The summed E-state index contributed by atoms with van der Waals surface area (Å²) in [6.45, 7) is 8.71. The second-order valence-corrected chi connectivity index (χ2v) is 7.09. The van der Waals surface area contributed by atoms with Crippen LogP contribution in [0.5, 0.6) is 5.75 Å². The lowest BCUT2D eigenvalue weighted by molar-refractivity contribution is -0.131. The van der Waals surface area contributed by atoms with Gasteiger partial charge in [0.15, 0.2) is 0 Å². The Balaban J connectivity index is 1.85. The lowest BCUT2D eigenvalue weighted by Crippen LogP contribution is -2.31. The van der Waals surface area contributed by atoms with Crippen molar-refractivity contribution in [2.45, 2.75) is 39.8 Å². The molecule has 0 unspecified atom stereocenters. The van der Waals surface area contributed by atoms with E-state index in [4.69, 9.17) is 4.74 Å². The van der Waals surface area contributed by atoms with Gasteiger partial charge in [0.05, 0.1) is 5.69 Å². The third-order valence-electron chi connectivity index (χ3n) is 4.25. The molecule has 2 rings (SSSR count). The molecule has 0 aliphatic carbocycles. The van der Waals surface area contributed by atoms with Gasteiger partial charge in [-0.1, -0.05) is 49.4 Å². The molecule has 0 bridgehead atoms.